The van der Waals surface area contributed by atoms with E-state index in [0.29, 0.717) is 12.5 Å². The van der Waals surface area contributed by atoms with E-state index in [0.717, 1.165) is 45.8 Å². The molecule has 0 bridgehead atoms. The number of benzene rings is 3. The topological polar surface area (TPSA) is 89.4 Å². The Hall–Kier alpha value is -3.03. The summed E-state index contributed by atoms with van der Waals surface area (Å²) in [6, 6.07) is 29.3. The molecule has 6 nitrogen and oxygen atoms in total. The number of carboxylic acids is 1. The van der Waals surface area contributed by atoms with E-state index in [1.807, 2.05) is 18.2 Å². The van der Waals surface area contributed by atoms with Crippen LogP contribution in [0.5, 0.6) is 0 Å². The van der Waals surface area contributed by atoms with Crippen LogP contribution in [0.15, 0.2) is 91.0 Å². The molecule has 1 heterocycles. The number of nitrogens with zero attached hydrogens (tertiary/aromatic N) is 1. The molecule has 0 aliphatic carbocycles. The molecule has 0 saturated carbocycles. The molecule has 1 aliphatic heterocycles. The van der Waals surface area contributed by atoms with Crippen molar-refractivity contribution >= 4 is 5.97 Å². The minimum atomic E-state index is -1.13. The van der Waals surface area contributed by atoms with Gasteiger partial charge in [0.1, 0.15) is 18.7 Å². The summed E-state index contributed by atoms with van der Waals surface area (Å²) >= 11 is 0. The van der Waals surface area contributed by atoms with Gasteiger partial charge in [-0.05, 0) is 11.1 Å². The van der Waals surface area contributed by atoms with Crippen molar-refractivity contribution in [1.82, 2.24) is 4.90 Å². The summed E-state index contributed by atoms with van der Waals surface area (Å²) in [6.45, 7) is 5.53. The van der Waals surface area contributed by atoms with E-state index in [4.69, 9.17) is 4.74 Å². The zero-order valence-electron chi connectivity index (χ0n) is 20.2. The van der Waals surface area contributed by atoms with Crippen LogP contribution >= 0.6 is 0 Å². The number of ether oxygens (including phenoxy) is 1. The van der Waals surface area contributed by atoms with Crippen molar-refractivity contribution in [2.24, 2.45) is 0 Å². The van der Waals surface area contributed by atoms with Gasteiger partial charge in [-0.15, -0.1) is 0 Å². The van der Waals surface area contributed by atoms with Crippen molar-refractivity contribution in [2.75, 3.05) is 39.4 Å². The van der Waals surface area contributed by atoms with E-state index >= 15 is 0 Å². The zero-order valence-corrected chi connectivity index (χ0v) is 20.2. The van der Waals surface area contributed by atoms with Gasteiger partial charge in [-0.3, -0.25) is 4.90 Å². The summed E-state index contributed by atoms with van der Waals surface area (Å²) in [5.74, 6) is -1.13. The van der Waals surface area contributed by atoms with Gasteiger partial charge >= 0.3 is 0 Å². The van der Waals surface area contributed by atoms with Gasteiger partial charge in [0.15, 0.2) is 0 Å². The number of morpholine rings is 1. The first-order chi connectivity index (χ1) is 17.1. The van der Waals surface area contributed by atoms with E-state index in [1.54, 1.807) is 18.2 Å². The maximum atomic E-state index is 10.5. The van der Waals surface area contributed by atoms with Crippen molar-refractivity contribution in [1.29, 1.82) is 0 Å². The second-order valence-corrected chi connectivity index (χ2v) is 8.73. The van der Waals surface area contributed by atoms with Gasteiger partial charge < -0.3 is 25.1 Å². The minimum absolute atomic E-state index is 0.220. The van der Waals surface area contributed by atoms with Gasteiger partial charge in [0.2, 0.25) is 0 Å². The van der Waals surface area contributed by atoms with Crippen molar-refractivity contribution < 1.29 is 25.1 Å². The Balaban J connectivity index is 0.000000320. The molecule has 1 fully saturated rings. The van der Waals surface area contributed by atoms with Crippen LogP contribution in [-0.4, -0.2) is 61.5 Å². The van der Waals surface area contributed by atoms with Gasteiger partial charge in [0, 0.05) is 38.0 Å². The molecular weight excluding hydrogens is 440 g/mol. The number of aromatic carboxylic acids is 1. The highest BCUT2D eigenvalue weighted by Crippen LogP contribution is 2.14. The van der Waals surface area contributed by atoms with Crippen LogP contribution in [0.25, 0.3) is 0 Å². The van der Waals surface area contributed by atoms with Crippen LogP contribution in [0.3, 0.4) is 0 Å². The lowest BCUT2D eigenvalue weighted by molar-refractivity contribution is -0.702. The molecule has 6 heteroatoms. The number of carbonyl (C=O) groups excluding carboxylic acids is 1. The van der Waals surface area contributed by atoms with Gasteiger partial charge in [-0.25, -0.2) is 0 Å². The van der Waals surface area contributed by atoms with Crippen LogP contribution in [0.4, 0.5) is 0 Å². The molecule has 186 valence electrons. The first-order valence-electron chi connectivity index (χ1n) is 12.3. The summed E-state index contributed by atoms with van der Waals surface area (Å²) in [5, 5.41) is 22.9. The number of hydrogen-bond acceptors (Lipinski definition) is 5. The van der Waals surface area contributed by atoms with Crippen molar-refractivity contribution in [3.05, 3.63) is 108 Å². The molecule has 0 unspecified atom stereocenters. The van der Waals surface area contributed by atoms with Crippen LogP contribution in [0.2, 0.25) is 0 Å². The molecular formula is C29H36N2O4. The van der Waals surface area contributed by atoms with Crippen molar-refractivity contribution in [2.45, 2.75) is 25.0 Å². The van der Waals surface area contributed by atoms with Crippen LogP contribution < -0.4 is 10.4 Å². The Labute approximate surface area is 208 Å². The van der Waals surface area contributed by atoms with Crippen molar-refractivity contribution in [3.8, 4) is 0 Å². The number of nitrogens with two attached hydrogens (primary N) is 1. The van der Waals surface area contributed by atoms with Crippen LogP contribution in [0.1, 0.15) is 33.9 Å². The number of carbonyl (C=O) groups is 1. The highest BCUT2D eigenvalue weighted by Gasteiger charge is 2.19. The molecule has 0 radical (unpaired) electrons. The highest BCUT2D eigenvalue weighted by atomic mass is 16.5. The first-order valence-corrected chi connectivity index (χ1v) is 12.3. The lowest BCUT2D eigenvalue weighted by Gasteiger charge is -2.28. The Morgan fingerprint density at radius 1 is 0.914 bits per heavy atom. The number of quaternary nitrogens is 1. The second-order valence-electron chi connectivity index (χ2n) is 8.73. The molecule has 4 rings (SSSR count). The molecule has 2 atom stereocenters. The molecule has 35 heavy (non-hydrogen) atoms. The SMILES string of the molecule is O=C([O-])c1ccccc1.O[C@@H](C[NH2+][C@@H](CCN1CCOCC1)c1ccccc1)Cc1ccccc1. The molecule has 1 aliphatic rings. The number of hydrogen-bond donors (Lipinski definition) is 2. The lowest BCUT2D eigenvalue weighted by atomic mass is 10.0. The van der Waals surface area contributed by atoms with Gasteiger partial charge in [-0.1, -0.05) is 91.0 Å². The smallest absolute Gasteiger partial charge is 0.113 e. The van der Waals surface area contributed by atoms with Crippen molar-refractivity contribution in [3.63, 3.8) is 0 Å². The largest absolute Gasteiger partial charge is 0.545 e. The first kappa shape index (κ1) is 26.6. The fourth-order valence-corrected chi connectivity index (χ4v) is 4.13. The molecule has 3 aromatic rings. The van der Waals surface area contributed by atoms with E-state index in [1.165, 1.54) is 23.3 Å². The third kappa shape index (κ3) is 10.0. The quantitative estimate of drug-likeness (QED) is 0.465. The third-order valence-electron chi connectivity index (χ3n) is 6.10. The average molecular weight is 477 g/mol. The molecule has 3 aromatic carbocycles. The molecule has 3 N–H and O–H groups in total. The van der Waals surface area contributed by atoms with Gasteiger partial charge in [0.25, 0.3) is 0 Å². The summed E-state index contributed by atoms with van der Waals surface area (Å²) < 4.78 is 5.44. The monoisotopic (exact) mass is 476 g/mol. The summed E-state index contributed by atoms with van der Waals surface area (Å²) in [6.07, 6.45) is 1.47. The van der Waals surface area contributed by atoms with E-state index < -0.39 is 5.97 Å². The average Bonchev–Trinajstić information content (AvgIpc) is 2.91. The maximum absolute atomic E-state index is 10.5. The number of aliphatic hydroxyl groups is 1. The highest BCUT2D eigenvalue weighted by molar-refractivity contribution is 5.85. The Morgan fingerprint density at radius 3 is 2.06 bits per heavy atom. The van der Waals surface area contributed by atoms with Crippen LogP contribution in [-0.2, 0) is 11.2 Å². The zero-order chi connectivity index (χ0) is 24.7. The molecule has 1 saturated heterocycles. The van der Waals surface area contributed by atoms with E-state index in [9.17, 15) is 15.0 Å². The number of carboxylic acid groups (broad SMARTS) is 1. The summed E-state index contributed by atoms with van der Waals surface area (Å²) in [5.41, 5.74) is 2.75. The lowest BCUT2D eigenvalue weighted by Crippen LogP contribution is -2.87. The Kier molecular flexibility index (Phi) is 11.4. The predicted molar refractivity (Wildman–Crippen MR) is 135 cm³/mol. The predicted octanol–water partition coefficient (Wildman–Crippen LogP) is 1.67. The third-order valence-corrected chi connectivity index (χ3v) is 6.10. The fraction of sp³-hybridized carbons (Fsp3) is 0.345. The van der Waals surface area contributed by atoms with E-state index in [-0.39, 0.29) is 11.7 Å². The van der Waals surface area contributed by atoms with E-state index in [2.05, 4.69) is 52.7 Å². The summed E-state index contributed by atoms with van der Waals surface area (Å²) in [7, 11) is 0. The fourth-order valence-electron chi connectivity index (χ4n) is 4.13. The normalized spacial score (nSPS) is 15.5. The number of aliphatic hydroxyl groups excluding tert-OH is 1. The van der Waals surface area contributed by atoms with Crippen LogP contribution in [0, 0.1) is 0 Å². The second kappa shape index (κ2) is 15.1. The number of rotatable bonds is 10. The standard InChI is InChI=1S/C22H30N2O2.C7H6O2/c25-21(17-19-7-3-1-4-8-19)18-23-22(20-9-5-2-6-10-20)11-12-24-13-15-26-16-14-24;8-7(9)6-4-2-1-3-5-6/h1-10,21-23,25H,11-18H2;1-5H,(H,8,9)/t21-,22+;/m1./s1. The molecule has 0 amide bonds. The van der Waals surface area contributed by atoms with Gasteiger partial charge in [0.05, 0.1) is 19.2 Å². The Morgan fingerprint density at radius 2 is 1.49 bits per heavy atom. The Bertz CT molecular complexity index is 964. The summed E-state index contributed by atoms with van der Waals surface area (Å²) in [4.78, 5) is 12.6. The molecule has 0 spiro atoms. The maximum Gasteiger partial charge on any atom is 0.113 e. The minimum Gasteiger partial charge on any atom is -0.545 e. The molecule has 0 aromatic heterocycles. The van der Waals surface area contributed by atoms with Gasteiger partial charge in [-0.2, -0.15) is 0 Å².